The van der Waals surface area contributed by atoms with Crippen LogP contribution in [0.4, 0.5) is 0 Å². The van der Waals surface area contributed by atoms with E-state index in [1.807, 2.05) is 48.5 Å². The van der Waals surface area contributed by atoms with Gasteiger partial charge in [0, 0.05) is 49.2 Å². The van der Waals surface area contributed by atoms with Crippen molar-refractivity contribution < 1.29 is 4.42 Å². The van der Waals surface area contributed by atoms with Crippen LogP contribution >= 0.6 is 0 Å². The van der Waals surface area contributed by atoms with Gasteiger partial charge in [-0.1, -0.05) is 194 Å². The fourth-order valence-electron chi connectivity index (χ4n) is 8.88. The highest BCUT2D eigenvalue weighted by molar-refractivity contribution is 6.24. The van der Waals surface area contributed by atoms with Crippen LogP contribution in [0.15, 0.2) is 229 Å². The zero-order chi connectivity index (χ0) is 41.7. The van der Waals surface area contributed by atoms with Gasteiger partial charge >= 0.3 is 0 Å². The standard InChI is InChI=1S/C59H37N3O/c1-4-12-43(13-5-1)53-37-54(62-59(61-53)46-16-8-3-9-17-46)44-30-28-41(29-31-44)39-22-20-38(21-23-39)40-24-26-42(27-25-40)47-32-35-55-51(36-47)48-33-34-50-56(58(48)63-55)49-18-10-11-19-52(49)60-57(50)45-14-6-2-7-15-45/h1-37H. The summed E-state index contributed by atoms with van der Waals surface area (Å²) in [6, 6.07) is 78.6. The molecule has 3 aromatic heterocycles. The molecule has 294 valence electrons. The number of nitrogens with zero attached hydrogens (tertiary/aromatic N) is 3. The fourth-order valence-corrected chi connectivity index (χ4v) is 8.88. The van der Waals surface area contributed by atoms with Crippen LogP contribution in [0.5, 0.6) is 0 Å². The number of furan rings is 1. The van der Waals surface area contributed by atoms with Gasteiger partial charge in [-0.15, -0.1) is 0 Å². The smallest absolute Gasteiger partial charge is 0.160 e. The molecule has 0 aliphatic heterocycles. The molecule has 3 heterocycles. The summed E-state index contributed by atoms with van der Waals surface area (Å²) in [6.07, 6.45) is 0. The average molecular weight is 804 g/mol. The Morgan fingerprint density at radius 3 is 1.35 bits per heavy atom. The maximum absolute atomic E-state index is 6.71. The molecule has 0 saturated carbocycles. The van der Waals surface area contributed by atoms with Crippen molar-refractivity contribution in [3.05, 3.63) is 224 Å². The molecule has 12 aromatic rings. The van der Waals surface area contributed by atoms with Crippen molar-refractivity contribution in [1.82, 2.24) is 15.0 Å². The third-order valence-electron chi connectivity index (χ3n) is 12.1. The second kappa shape index (κ2) is 15.2. The SMILES string of the molecule is c1ccc(-c2cc(-c3ccc(-c4ccc(-c5ccc(-c6ccc7oc8c(ccc9c(-c%10ccccc%10)nc%10ccccc%10c98)c7c6)cc5)cc4)cc3)nc(-c3ccccc3)n2)cc1. The van der Waals surface area contributed by atoms with Gasteiger partial charge in [0.05, 0.1) is 22.6 Å². The van der Waals surface area contributed by atoms with E-state index in [0.717, 1.165) is 105 Å². The van der Waals surface area contributed by atoms with E-state index in [9.17, 15) is 0 Å². The molecule has 4 heteroatoms. The largest absolute Gasteiger partial charge is 0.455 e. The van der Waals surface area contributed by atoms with Crippen molar-refractivity contribution in [3.63, 3.8) is 0 Å². The van der Waals surface area contributed by atoms with Crippen LogP contribution in [-0.2, 0) is 0 Å². The summed E-state index contributed by atoms with van der Waals surface area (Å²) in [4.78, 5) is 15.1. The Hall–Kier alpha value is -8.47. The van der Waals surface area contributed by atoms with Crippen LogP contribution in [0, 0.1) is 0 Å². The van der Waals surface area contributed by atoms with E-state index in [4.69, 9.17) is 19.4 Å². The van der Waals surface area contributed by atoms with Crippen molar-refractivity contribution in [2.45, 2.75) is 0 Å². The highest BCUT2D eigenvalue weighted by atomic mass is 16.3. The highest BCUT2D eigenvalue weighted by Gasteiger charge is 2.18. The van der Waals surface area contributed by atoms with Crippen LogP contribution < -0.4 is 0 Å². The molecule has 0 amide bonds. The first-order valence-corrected chi connectivity index (χ1v) is 21.2. The normalized spacial score (nSPS) is 11.5. The number of rotatable bonds is 7. The molecule has 0 N–H and O–H groups in total. The molecule has 0 unspecified atom stereocenters. The van der Waals surface area contributed by atoms with Crippen LogP contribution in [0.2, 0.25) is 0 Å². The molecule has 0 fully saturated rings. The van der Waals surface area contributed by atoms with E-state index in [2.05, 4.69) is 176 Å². The van der Waals surface area contributed by atoms with Crippen LogP contribution in [-0.4, -0.2) is 15.0 Å². The number of hydrogen-bond donors (Lipinski definition) is 0. The molecular weight excluding hydrogens is 767 g/mol. The molecular formula is C59H37N3O. The van der Waals surface area contributed by atoms with Crippen molar-refractivity contribution >= 4 is 43.6 Å². The Morgan fingerprint density at radius 1 is 0.286 bits per heavy atom. The van der Waals surface area contributed by atoms with Gasteiger partial charge < -0.3 is 4.42 Å². The maximum atomic E-state index is 6.71. The Morgan fingerprint density at radius 2 is 0.746 bits per heavy atom. The third kappa shape index (κ3) is 6.62. The lowest BCUT2D eigenvalue weighted by Gasteiger charge is -2.10. The average Bonchev–Trinajstić information content (AvgIpc) is 3.75. The first kappa shape index (κ1) is 36.4. The Kier molecular flexibility index (Phi) is 8.79. The minimum absolute atomic E-state index is 0.714. The molecule has 0 saturated heterocycles. The first-order valence-electron chi connectivity index (χ1n) is 21.2. The summed E-state index contributed by atoms with van der Waals surface area (Å²) in [5, 5.41) is 5.48. The van der Waals surface area contributed by atoms with Gasteiger partial charge in [0.2, 0.25) is 0 Å². The minimum atomic E-state index is 0.714. The predicted octanol–water partition coefficient (Wildman–Crippen LogP) is 15.7. The summed E-state index contributed by atoms with van der Waals surface area (Å²) in [5.74, 6) is 0.714. The Balaban J connectivity index is 0.820. The molecule has 0 aliphatic carbocycles. The summed E-state index contributed by atoms with van der Waals surface area (Å²) >= 11 is 0. The lowest BCUT2D eigenvalue weighted by atomic mass is 9.96. The number of para-hydroxylation sites is 1. The van der Waals surface area contributed by atoms with Crippen LogP contribution in [0.3, 0.4) is 0 Å². The summed E-state index contributed by atoms with van der Waals surface area (Å²) < 4.78 is 6.71. The highest BCUT2D eigenvalue weighted by Crippen LogP contribution is 2.42. The number of pyridine rings is 1. The summed E-state index contributed by atoms with van der Waals surface area (Å²) in [7, 11) is 0. The van der Waals surface area contributed by atoms with Crippen molar-refractivity contribution in [3.8, 4) is 78.5 Å². The van der Waals surface area contributed by atoms with Gasteiger partial charge in [-0.2, -0.15) is 0 Å². The molecule has 63 heavy (non-hydrogen) atoms. The molecule has 0 atom stereocenters. The number of aromatic nitrogens is 3. The summed E-state index contributed by atoms with van der Waals surface area (Å²) in [6.45, 7) is 0. The lowest BCUT2D eigenvalue weighted by molar-refractivity contribution is 0.673. The van der Waals surface area contributed by atoms with E-state index in [1.165, 1.54) is 11.1 Å². The van der Waals surface area contributed by atoms with E-state index in [1.54, 1.807) is 0 Å². The quantitative estimate of drug-likeness (QED) is 0.151. The number of benzene rings is 9. The van der Waals surface area contributed by atoms with E-state index < -0.39 is 0 Å². The number of hydrogen-bond acceptors (Lipinski definition) is 4. The second-order valence-electron chi connectivity index (χ2n) is 15.9. The monoisotopic (exact) mass is 803 g/mol. The van der Waals surface area contributed by atoms with Crippen LogP contribution in [0.25, 0.3) is 122 Å². The Labute approximate surface area is 364 Å². The molecule has 0 bridgehead atoms. The fraction of sp³-hybridized carbons (Fsp3) is 0. The van der Waals surface area contributed by atoms with Gasteiger partial charge in [0.25, 0.3) is 0 Å². The topological polar surface area (TPSA) is 51.8 Å². The zero-order valence-corrected chi connectivity index (χ0v) is 34.1. The first-order chi connectivity index (χ1) is 31.2. The zero-order valence-electron chi connectivity index (χ0n) is 34.1. The van der Waals surface area contributed by atoms with Gasteiger partial charge in [-0.05, 0) is 63.7 Å². The third-order valence-corrected chi connectivity index (χ3v) is 12.1. The number of fused-ring (bicyclic) bond motifs is 7. The molecule has 4 nitrogen and oxygen atoms in total. The van der Waals surface area contributed by atoms with Crippen molar-refractivity contribution in [1.29, 1.82) is 0 Å². The van der Waals surface area contributed by atoms with Crippen molar-refractivity contribution in [2.24, 2.45) is 0 Å². The summed E-state index contributed by atoms with van der Waals surface area (Å²) in [5.41, 5.74) is 16.6. The van der Waals surface area contributed by atoms with Crippen LogP contribution in [0.1, 0.15) is 0 Å². The van der Waals surface area contributed by atoms with Gasteiger partial charge in [0.15, 0.2) is 5.82 Å². The molecule has 0 radical (unpaired) electrons. The second-order valence-corrected chi connectivity index (χ2v) is 15.9. The van der Waals surface area contributed by atoms with E-state index in [-0.39, 0.29) is 0 Å². The minimum Gasteiger partial charge on any atom is -0.455 e. The molecule has 12 rings (SSSR count). The van der Waals surface area contributed by atoms with Crippen molar-refractivity contribution in [2.75, 3.05) is 0 Å². The van der Waals surface area contributed by atoms with Gasteiger partial charge in [0.1, 0.15) is 11.2 Å². The van der Waals surface area contributed by atoms with E-state index in [0.29, 0.717) is 5.82 Å². The predicted molar refractivity (Wildman–Crippen MR) is 260 cm³/mol. The maximum Gasteiger partial charge on any atom is 0.160 e. The van der Waals surface area contributed by atoms with E-state index >= 15 is 0 Å². The molecule has 9 aromatic carbocycles. The van der Waals surface area contributed by atoms with Gasteiger partial charge in [-0.3, -0.25) is 0 Å². The molecule has 0 spiro atoms. The Bertz CT molecular complexity index is 3560. The van der Waals surface area contributed by atoms with Gasteiger partial charge in [-0.25, -0.2) is 15.0 Å². The molecule has 0 aliphatic rings. The lowest BCUT2D eigenvalue weighted by Crippen LogP contribution is -1.95.